The summed E-state index contributed by atoms with van der Waals surface area (Å²) in [7, 11) is 7.99. The van der Waals surface area contributed by atoms with Gasteiger partial charge in [0, 0.05) is 24.5 Å². The van der Waals surface area contributed by atoms with Crippen LogP contribution >= 0.6 is 21.6 Å². The van der Waals surface area contributed by atoms with E-state index in [1.807, 2.05) is 42.4 Å². The quantitative estimate of drug-likeness (QED) is 0.369. The van der Waals surface area contributed by atoms with Gasteiger partial charge in [-0.1, -0.05) is 21.6 Å². The van der Waals surface area contributed by atoms with E-state index >= 15 is 0 Å². The summed E-state index contributed by atoms with van der Waals surface area (Å²) in [6.07, 6.45) is 2.55. The fourth-order valence-corrected chi connectivity index (χ4v) is 3.44. The summed E-state index contributed by atoms with van der Waals surface area (Å²) in [6, 6.07) is 0. The van der Waals surface area contributed by atoms with Gasteiger partial charge >= 0.3 is 5.97 Å². The van der Waals surface area contributed by atoms with Gasteiger partial charge < -0.3 is 9.64 Å². The third-order valence-corrected chi connectivity index (χ3v) is 4.46. The van der Waals surface area contributed by atoms with E-state index in [-0.39, 0.29) is 11.6 Å². The first kappa shape index (κ1) is 18.1. The number of rotatable bonds is 9. The molecule has 0 amide bonds. The first-order chi connectivity index (χ1) is 8.31. The second-order valence-electron chi connectivity index (χ2n) is 5.49. The van der Waals surface area contributed by atoms with E-state index in [2.05, 4.69) is 19.0 Å². The molecule has 0 atom stereocenters. The van der Waals surface area contributed by atoms with E-state index in [4.69, 9.17) is 4.74 Å². The number of carbonyl (C=O) groups excluding carboxylic acids is 1. The molecular weight excluding hydrogens is 266 g/mol. The summed E-state index contributed by atoms with van der Waals surface area (Å²) in [4.78, 5) is 13.6. The Morgan fingerprint density at radius 1 is 1.11 bits per heavy atom. The van der Waals surface area contributed by atoms with Crippen LogP contribution in [0.2, 0.25) is 0 Å². The van der Waals surface area contributed by atoms with Crippen molar-refractivity contribution in [2.75, 3.05) is 32.1 Å². The van der Waals surface area contributed by atoms with Crippen LogP contribution in [0.1, 0.15) is 40.0 Å². The zero-order chi connectivity index (χ0) is 14.0. The molecule has 18 heavy (non-hydrogen) atoms. The van der Waals surface area contributed by atoms with Crippen molar-refractivity contribution in [1.82, 2.24) is 4.90 Å². The Kier molecular flexibility index (Phi) is 10.1. The molecule has 0 aliphatic heterocycles. The Labute approximate surface area is 120 Å². The maximum atomic E-state index is 11.4. The molecule has 0 rings (SSSR count). The molecule has 0 radical (unpaired) electrons. The molecular formula is C13H27NO2S2. The SMILES string of the molecule is CN(C)CCSSCCCCC(=O)OC(C)(C)C. The van der Waals surface area contributed by atoms with Crippen LogP contribution in [0.15, 0.2) is 0 Å². The Balaban J connectivity index is 3.28. The second-order valence-corrected chi connectivity index (χ2v) is 8.19. The van der Waals surface area contributed by atoms with Crippen molar-refractivity contribution in [3.8, 4) is 0 Å². The van der Waals surface area contributed by atoms with Gasteiger partial charge in [-0.05, 0) is 47.7 Å². The molecule has 0 bridgehead atoms. The summed E-state index contributed by atoms with van der Waals surface area (Å²) in [6.45, 7) is 6.84. The van der Waals surface area contributed by atoms with Gasteiger partial charge in [-0.25, -0.2) is 0 Å². The summed E-state index contributed by atoms with van der Waals surface area (Å²) in [5.74, 6) is 2.19. The maximum absolute atomic E-state index is 11.4. The Morgan fingerprint density at radius 3 is 2.28 bits per heavy atom. The van der Waals surface area contributed by atoms with Crippen LogP contribution in [0.25, 0.3) is 0 Å². The van der Waals surface area contributed by atoms with E-state index in [0.29, 0.717) is 6.42 Å². The molecule has 0 spiro atoms. The number of nitrogens with zero attached hydrogens (tertiary/aromatic N) is 1. The van der Waals surface area contributed by atoms with E-state index in [1.54, 1.807) is 0 Å². The molecule has 0 aliphatic rings. The van der Waals surface area contributed by atoms with Crippen molar-refractivity contribution >= 4 is 27.6 Å². The summed E-state index contributed by atoms with van der Waals surface area (Å²) >= 11 is 0. The molecule has 0 heterocycles. The predicted octanol–water partition coefficient (Wildman–Crippen LogP) is 3.44. The highest BCUT2D eigenvalue weighted by Crippen LogP contribution is 2.22. The molecule has 0 aromatic heterocycles. The van der Waals surface area contributed by atoms with Gasteiger partial charge in [0.15, 0.2) is 0 Å². The van der Waals surface area contributed by atoms with E-state index in [9.17, 15) is 4.79 Å². The standard InChI is InChI=1S/C13H27NO2S2/c1-13(2,3)16-12(15)8-6-7-10-17-18-11-9-14(4)5/h6-11H2,1-5H3. The molecule has 3 nitrogen and oxygen atoms in total. The van der Waals surface area contributed by atoms with Crippen LogP contribution in [0.4, 0.5) is 0 Å². The van der Waals surface area contributed by atoms with Crippen molar-refractivity contribution < 1.29 is 9.53 Å². The van der Waals surface area contributed by atoms with E-state index < -0.39 is 0 Å². The fraction of sp³-hybridized carbons (Fsp3) is 0.923. The Hall–Kier alpha value is 0.130. The van der Waals surface area contributed by atoms with Gasteiger partial charge in [-0.3, -0.25) is 4.79 Å². The van der Waals surface area contributed by atoms with Crippen LogP contribution in [0, 0.1) is 0 Å². The lowest BCUT2D eigenvalue weighted by Gasteiger charge is -2.19. The molecule has 0 unspecified atom stereocenters. The fourth-order valence-electron chi connectivity index (χ4n) is 1.16. The molecule has 0 aromatic carbocycles. The highest BCUT2D eigenvalue weighted by Gasteiger charge is 2.15. The molecule has 0 aliphatic carbocycles. The highest BCUT2D eigenvalue weighted by atomic mass is 33.1. The average molecular weight is 293 g/mol. The van der Waals surface area contributed by atoms with E-state index in [1.165, 1.54) is 0 Å². The van der Waals surface area contributed by atoms with Crippen molar-refractivity contribution in [3.63, 3.8) is 0 Å². The largest absolute Gasteiger partial charge is 0.460 e. The number of unbranched alkanes of at least 4 members (excludes halogenated alkanes) is 1. The third kappa shape index (κ3) is 14.2. The minimum atomic E-state index is -0.353. The summed E-state index contributed by atoms with van der Waals surface area (Å²) in [5.41, 5.74) is -0.353. The average Bonchev–Trinajstić information content (AvgIpc) is 2.18. The van der Waals surface area contributed by atoms with Crippen LogP contribution in [0.3, 0.4) is 0 Å². The van der Waals surface area contributed by atoms with E-state index in [0.717, 1.165) is 30.9 Å². The van der Waals surface area contributed by atoms with Crippen LogP contribution < -0.4 is 0 Å². The van der Waals surface area contributed by atoms with Crippen LogP contribution in [-0.2, 0) is 9.53 Å². The van der Waals surface area contributed by atoms with Gasteiger partial charge in [0.2, 0.25) is 0 Å². The number of carbonyl (C=O) groups is 1. The normalized spacial score (nSPS) is 11.9. The smallest absolute Gasteiger partial charge is 0.306 e. The predicted molar refractivity (Wildman–Crippen MR) is 83.2 cm³/mol. The molecule has 108 valence electrons. The van der Waals surface area contributed by atoms with Crippen LogP contribution in [0.5, 0.6) is 0 Å². The third-order valence-electron chi connectivity index (χ3n) is 1.98. The van der Waals surface area contributed by atoms with Crippen molar-refractivity contribution in [2.24, 2.45) is 0 Å². The Bertz CT molecular complexity index is 228. The minimum absolute atomic E-state index is 0.0761. The van der Waals surface area contributed by atoms with Gasteiger partial charge in [-0.2, -0.15) is 0 Å². The van der Waals surface area contributed by atoms with Gasteiger partial charge in [-0.15, -0.1) is 0 Å². The summed E-state index contributed by atoms with van der Waals surface area (Å²) < 4.78 is 5.25. The van der Waals surface area contributed by atoms with Gasteiger partial charge in [0.25, 0.3) is 0 Å². The molecule has 0 saturated carbocycles. The lowest BCUT2D eigenvalue weighted by molar-refractivity contribution is -0.154. The minimum Gasteiger partial charge on any atom is -0.460 e. The molecule has 0 N–H and O–H groups in total. The number of hydrogen-bond donors (Lipinski definition) is 0. The van der Waals surface area contributed by atoms with Crippen LogP contribution in [-0.4, -0.2) is 48.6 Å². The molecule has 0 aromatic rings. The molecule has 5 heteroatoms. The highest BCUT2D eigenvalue weighted by molar-refractivity contribution is 8.76. The first-order valence-electron chi connectivity index (χ1n) is 6.42. The molecule has 0 fully saturated rings. The first-order valence-corrected chi connectivity index (χ1v) is 8.91. The topological polar surface area (TPSA) is 29.5 Å². The number of esters is 1. The lowest BCUT2D eigenvalue weighted by Crippen LogP contribution is -2.23. The van der Waals surface area contributed by atoms with Gasteiger partial charge in [0.05, 0.1) is 0 Å². The Morgan fingerprint density at radius 2 is 1.72 bits per heavy atom. The van der Waals surface area contributed by atoms with Gasteiger partial charge in [0.1, 0.15) is 5.60 Å². The zero-order valence-corrected chi connectivity index (χ0v) is 14.0. The maximum Gasteiger partial charge on any atom is 0.306 e. The monoisotopic (exact) mass is 293 g/mol. The van der Waals surface area contributed by atoms with Crippen molar-refractivity contribution in [2.45, 2.75) is 45.6 Å². The summed E-state index contributed by atoms with van der Waals surface area (Å²) in [5, 5.41) is 0. The van der Waals surface area contributed by atoms with Crippen molar-refractivity contribution in [1.29, 1.82) is 0 Å². The number of ether oxygens (including phenoxy) is 1. The van der Waals surface area contributed by atoms with Crippen molar-refractivity contribution in [3.05, 3.63) is 0 Å². The number of hydrogen-bond acceptors (Lipinski definition) is 5. The lowest BCUT2D eigenvalue weighted by atomic mass is 10.2. The molecule has 0 saturated heterocycles. The zero-order valence-electron chi connectivity index (χ0n) is 12.3. The second kappa shape index (κ2) is 9.98.